The van der Waals surface area contributed by atoms with E-state index < -0.39 is 66.1 Å². The molecule has 0 bridgehead atoms. The van der Waals surface area contributed by atoms with Gasteiger partial charge in [-0.3, -0.25) is 28.8 Å². The van der Waals surface area contributed by atoms with E-state index in [0.29, 0.717) is 55.2 Å². The van der Waals surface area contributed by atoms with Gasteiger partial charge in [0.1, 0.15) is 24.2 Å². The number of carboxylic acids is 1. The topological polar surface area (TPSA) is 264 Å². The summed E-state index contributed by atoms with van der Waals surface area (Å²) in [6.45, 7) is 3.70. The standard InChI is InChI=1S/C38H51N7O8/c1-3-24(2)34(37(51)43-28(35(41)49)20-26-16-18-27(23-39)19-17-26)45-33(48)15-11-6-4-5-10-14-32(47)42-29(22-31(40)46)36(50)44-30(38(52)53)21-25-12-8-7-9-13-25/h7-9,12-13,16-19,24,28-30,34H,3-6,10-11,14-15,20-22H2,1-2H3,(H2,40,46)(H2,41,49)(H,42,47)(H,43,51)(H,44,50)(H,45,48)(H,52,53)/t24-,28+,29+,30+,34+/m1/s1. The highest BCUT2D eigenvalue weighted by atomic mass is 16.4. The van der Waals surface area contributed by atoms with E-state index >= 15 is 0 Å². The number of aliphatic carboxylic acids is 1. The highest BCUT2D eigenvalue weighted by Gasteiger charge is 2.30. The molecular formula is C38H51N7O8. The zero-order valence-electron chi connectivity index (χ0n) is 30.3. The molecule has 0 saturated carbocycles. The lowest BCUT2D eigenvalue weighted by Gasteiger charge is -2.26. The Hall–Kier alpha value is -5.78. The second kappa shape index (κ2) is 22.9. The van der Waals surface area contributed by atoms with Crippen LogP contribution in [0.15, 0.2) is 54.6 Å². The van der Waals surface area contributed by atoms with Gasteiger partial charge in [0.2, 0.25) is 35.4 Å². The highest BCUT2D eigenvalue weighted by molar-refractivity contribution is 5.94. The monoisotopic (exact) mass is 733 g/mol. The molecule has 0 fully saturated rings. The van der Waals surface area contributed by atoms with E-state index in [4.69, 9.17) is 16.7 Å². The zero-order valence-corrected chi connectivity index (χ0v) is 30.3. The minimum atomic E-state index is -1.33. The van der Waals surface area contributed by atoms with E-state index in [9.17, 15) is 38.7 Å². The SMILES string of the molecule is CC[C@@H](C)[C@H](NC(=O)CCCCCCCC(=O)N[C@@H](CC(N)=O)C(=O)N[C@@H](Cc1ccccc1)C(=O)O)C(=O)N[C@@H](Cc1ccc(C#N)cc1)C(N)=O. The normalized spacial score (nSPS) is 13.5. The number of carbonyl (C=O) groups is 7. The predicted octanol–water partition coefficient (Wildman–Crippen LogP) is 1.50. The summed E-state index contributed by atoms with van der Waals surface area (Å²) in [7, 11) is 0. The maximum absolute atomic E-state index is 13.2. The van der Waals surface area contributed by atoms with Crippen molar-refractivity contribution in [1.82, 2.24) is 21.3 Å². The molecular weight excluding hydrogens is 682 g/mol. The minimum Gasteiger partial charge on any atom is -0.480 e. The fourth-order valence-corrected chi connectivity index (χ4v) is 5.48. The van der Waals surface area contributed by atoms with Crippen molar-refractivity contribution in [2.24, 2.45) is 17.4 Å². The number of carbonyl (C=O) groups excluding carboxylic acids is 6. The van der Waals surface area contributed by atoms with Crippen molar-refractivity contribution in [3.05, 3.63) is 71.3 Å². The van der Waals surface area contributed by atoms with Crippen LogP contribution in [0, 0.1) is 17.2 Å². The molecule has 0 aromatic heterocycles. The fourth-order valence-electron chi connectivity index (χ4n) is 5.48. The Morgan fingerprint density at radius 2 is 1.23 bits per heavy atom. The Morgan fingerprint density at radius 3 is 1.75 bits per heavy atom. The van der Waals surface area contributed by atoms with Crippen molar-refractivity contribution in [2.45, 2.75) is 109 Å². The average Bonchev–Trinajstić information content (AvgIpc) is 3.12. The molecule has 53 heavy (non-hydrogen) atoms. The Bertz CT molecular complexity index is 1590. The van der Waals surface area contributed by atoms with Crippen molar-refractivity contribution < 1.29 is 38.7 Å². The molecule has 2 aromatic carbocycles. The van der Waals surface area contributed by atoms with Crippen LogP contribution in [0.3, 0.4) is 0 Å². The van der Waals surface area contributed by atoms with Crippen LogP contribution in [0.4, 0.5) is 0 Å². The van der Waals surface area contributed by atoms with Crippen molar-refractivity contribution in [1.29, 1.82) is 5.26 Å². The predicted molar refractivity (Wildman–Crippen MR) is 195 cm³/mol. The van der Waals surface area contributed by atoms with E-state index in [1.807, 2.05) is 19.9 Å². The fraction of sp³-hybridized carbons (Fsp3) is 0.474. The van der Waals surface area contributed by atoms with Crippen molar-refractivity contribution in [3.8, 4) is 6.07 Å². The van der Waals surface area contributed by atoms with Gasteiger partial charge in [0.05, 0.1) is 18.1 Å². The van der Waals surface area contributed by atoms with Crippen LogP contribution in [0.5, 0.6) is 0 Å². The van der Waals surface area contributed by atoms with Crippen molar-refractivity contribution in [2.75, 3.05) is 0 Å². The van der Waals surface area contributed by atoms with Gasteiger partial charge in [-0.05, 0) is 42.0 Å². The Morgan fingerprint density at radius 1 is 0.698 bits per heavy atom. The Labute approximate surface area is 309 Å². The average molecular weight is 734 g/mol. The third kappa shape index (κ3) is 16.4. The van der Waals surface area contributed by atoms with Gasteiger partial charge in [0, 0.05) is 25.7 Å². The van der Waals surface area contributed by atoms with E-state index in [2.05, 4.69) is 21.3 Å². The summed E-state index contributed by atoms with van der Waals surface area (Å²) in [4.78, 5) is 87.0. The second-order valence-corrected chi connectivity index (χ2v) is 13.1. The highest BCUT2D eigenvalue weighted by Crippen LogP contribution is 2.13. The van der Waals surface area contributed by atoms with Gasteiger partial charge in [-0.2, -0.15) is 5.26 Å². The number of hydrogen-bond donors (Lipinski definition) is 7. The number of carboxylic acid groups (broad SMARTS) is 1. The Kier molecular flexibility index (Phi) is 18.8. The van der Waals surface area contributed by atoms with Gasteiger partial charge in [0.25, 0.3) is 0 Å². The number of rotatable bonds is 24. The number of nitrogens with two attached hydrogens (primary N) is 2. The number of benzene rings is 2. The first-order valence-electron chi connectivity index (χ1n) is 17.8. The molecule has 0 heterocycles. The molecule has 0 aliphatic heterocycles. The summed E-state index contributed by atoms with van der Waals surface area (Å²) in [6, 6.07) is 12.8. The van der Waals surface area contributed by atoms with Crippen LogP contribution in [-0.4, -0.2) is 70.7 Å². The summed E-state index contributed by atoms with van der Waals surface area (Å²) in [5, 5.41) is 28.9. The third-order valence-corrected chi connectivity index (χ3v) is 8.76. The molecule has 286 valence electrons. The molecule has 0 aliphatic carbocycles. The van der Waals surface area contributed by atoms with Crippen LogP contribution in [0.2, 0.25) is 0 Å². The van der Waals surface area contributed by atoms with Crippen LogP contribution < -0.4 is 32.7 Å². The largest absolute Gasteiger partial charge is 0.480 e. The molecule has 2 aromatic rings. The first-order chi connectivity index (χ1) is 25.2. The van der Waals surface area contributed by atoms with Crippen molar-refractivity contribution >= 4 is 41.4 Å². The number of hydrogen-bond acceptors (Lipinski definition) is 8. The maximum atomic E-state index is 13.2. The third-order valence-electron chi connectivity index (χ3n) is 8.76. The van der Waals surface area contributed by atoms with E-state index in [-0.39, 0.29) is 37.5 Å². The molecule has 6 amide bonds. The molecule has 0 aliphatic rings. The Balaban J connectivity index is 1.78. The van der Waals surface area contributed by atoms with Crippen molar-refractivity contribution in [3.63, 3.8) is 0 Å². The minimum absolute atomic E-state index is 0.00792. The molecule has 0 unspecified atom stereocenters. The lowest BCUT2D eigenvalue weighted by Crippen LogP contribution is -2.55. The smallest absolute Gasteiger partial charge is 0.326 e. The van der Waals surface area contributed by atoms with Gasteiger partial charge >= 0.3 is 5.97 Å². The molecule has 0 saturated heterocycles. The van der Waals surface area contributed by atoms with Gasteiger partial charge in [-0.15, -0.1) is 0 Å². The van der Waals surface area contributed by atoms with Gasteiger partial charge in [-0.1, -0.05) is 82.0 Å². The van der Waals surface area contributed by atoms with E-state index in [1.54, 1.807) is 54.6 Å². The molecule has 0 radical (unpaired) electrons. The second-order valence-electron chi connectivity index (χ2n) is 13.1. The summed E-state index contributed by atoms with van der Waals surface area (Å²) in [6.07, 6.45) is 3.47. The summed E-state index contributed by atoms with van der Waals surface area (Å²) in [5.41, 5.74) is 12.7. The number of unbranched alkanes of at least 4 members (excludes halogenated alkanes) is 4. The van der Waals surface area contributed by atoms with Crippen LogP contribution in [0.1, 0.15) is 88.3 Å². The van der Waals surface area contributed by atoms with Crippen LogP contribution >= 0.6 is 0 Å². The van der Waals surface area contributed by atoms with Gasteiger partial charge in [0.15, 0.2) is 0 Å². The lowest BCUT2D eigenvalue weighted by atomic mass is 9.96. The van der Waals surface area contributed by atoms with E-state index in [0.717, 1.165) is 0 Å². The zero-order chi connectivity index (χ0) is 39.3. The number of nitrogens with zero attached hydrogens (tertiary/aromatic N) is 1. The molecule has 15 nitrogen and oxygen atoms in total. The first kappa shape index (κ1) is 43.4. The number of primary amides is 2. The maximum Gasteiger partial charge on any atom is 0.326 e. The quantitative estimate of drug-likeness (QED) is 0.0770. The summed E-state index contributed by atoms with van der Waals surface area (Å²) < 4.78 is 0. The summed E-state index contributed by atoms with van der Waals surface area (Å²) in [5.74, 6) is -5.23. The molecule has 9 N–H and O–H groups in total. The number of nitrogens with one attached hydrogen (secondary N) is 4. The number of nitriles is 1. The molecule has 0 spiro atoms. The van der Waals surface area contributed by atoms with E-state index in [1.165, 1.54) is 0 Å². The molecule has 2 rings (SSSR count). The van der Waals surface area contributed by atoms with Crippen LogP contribution in [-0.2, 0) is 46.4 Å². The number of amides is 6. The van der Waals surface area contributed by atoms with Gasteiger partial charge < -0.3 is 37.8 Å². The molecule has 15 heteroatoms. The lowest BCUT2D eigenvalue weighted by molar-refractivity contribution is -0.142. The van der Waals surface area contributed by atoms with Crippen LogP contribution in [0.25, 0.3) is 0 Å². The molecule has 5 atom stereocenters. The van der Waals surface area contributed by atoms with Gasteiger partial charge in [-0.25, -0.2) is 4.79 Å². The summed E-state index contributed by atoms with van der Waals surface area (Å²) >= 11 is 0. The first-order valence-corrected chi connectivity index (χ1v) is 17.8.